The van der Waals surface area contributed by atoms with E-state index in [1.54, 1.807) is 0 Å². The molecule has 0 saturated carbocycles. The average molecular weight is 213 g/mol. The molecular formula is C10H19N3O2. The van der Waals surface area contributed by atoms with E-state index in [0.29, 0.717) is 24.7 Å². The zero-order valence-electron chi connectivity index (χ0n) is 9.31. The molecule has 0 aliphatic heterocycles. The van der Waals surface area contributed by atoms with Crippen molar-refractivity contribution in [2.24, 2.45) is 11.7 Å². The Kier molecular flexibility index (Phi) is 4.71. The molecule has 0 amide bonds. The Morgan fingerprint density at radius 1 is 1.40 bits per heavy atom. The summed E-state index contributed by atoms with van der Waals surface area (Å²) >= 11 is 0. The van der Waals surface area contributed by atoms with Gasteiger partial charge < -0.3 is 15.4 Å². The molecule has 0 fully saturated rings. The van der Waals surface area contributed by atoms with E-state index >= 15 is 0 Å². The Morgan fingerprint density at radius 2 is 2.13 bits per heavy atom. The zero-order chi connectivity index (χ0) is 11.3. The van der Waals surface area contributed by atoms with E-state index in [9.17, 15) is 5.11 Å². The Morgan fingerprint density at radius 3 is 2.73 bits per heavy atom. The minimum atomic E-state index is -0.727. The fourth-order valence-corrected chi connectivity index (χ4v) is 1.20. The molecular weight excluding hydrogens is 194 g/mol. The van der Waals surface area contributed by atoms with E-state index in [-0.39, 0.29) is 5.89 Å². The van der Waals surface area contributed by atoms with Crippen molar-refractivity contribution in [2.75, 3.05) is 6.54 Å². The van der Waals surface area contributed by atoms with Crippen molar-refractivity contribution >= 4 is 0 Å². The van der Waals surface area contributed by atoms with E-state index in [0.717, 1.165) is 12.8 Å². The molecule has 0 spiro atoms. The molecule has 1 aromatic heterocycles. The van der Waals surface area contributed by atoms with Crippen LogP contribution in [0.3, 0.4) is 0 Å². The van der Waals surface area contributed by atoms with Gasteiger partial charge in [-0.3, -0.25) is 0 Å². The number of nitrogens with two attached hydrogens (primary N) is 1. The molecule has 1 heterocycles. The summed E-state index contributed by atoms with van der Waals surface area (Å²) in [6, 6.07) is 0. The zero-order valence-corrected chi connectivity index (χ0v) is 9.31. The predicted octanol–water partition coefficient (Wildman–Crippen LogP) is 1.04. The second-order valence-corrected chi connectivity index (χ2v) is 4.07. The van der Waals surface area contributed by atoms with Crippen LogP contribution in [0.2, 0.25) is 0 Å². The Hall–Kier alpha value is -0.940. The lowest BCUT2D eigenvalue weighted by Gasteiger charge is -2.01. The monoisotopic (exact) mass is 213 g/mol. The van der Waals surface area contributed by atoms with Crippen LogP contribution in [-0.4, -0.2) is 21.8 Å². The number of aliphatic hydroxyl groups is 1. The highest BCUT2D eigenvalue weighted by atomic mass is 16.5. The van der Waals surface area contributed by atoms with Gasteiger partial charge in [0.1, 0.15) is 6.10 Å². The van der Waals surface area contributed by atoms with Crippen LogP contribution >= 0.6 is 0 Å². The molecule has 0 aliphatic carbocycles. The van der Waals surface area contributed by atoms with Crippen LogP contribution in [0, 0.1) is 5.92 Å². The molecule has 0 aliphatic rings. The molecule has 5 heteroatoms. The normalized spacial score (nSPS) is 13.4. The first-order chi connectivity index (χ1) is 7.13. The third-order valence-corrected chi connectivity index (χ3v) is 2.15. The standard InChI is InChI=1S/C10H19N3O2/c1-7(2)3-4-9-12-10(15-13-9)8(14)5-6-11/h7-8,14H,3-6,11H2,1-2H3. The second-order valence-electron chi connectivity index (χ2n) is 4.07. The number of aliphatic hydroxyl groups excluding tert-OH is 1. The number of nitrogens with zero attached hydrogens (tertiary/aromatic N) is 2. The van der Waals surface area contributed by atoms with Crippen molar-refractivity contribution in [3.05, 3.63) is 11.7 Å². The van der Waals surface area contributed by atoms with Crippen LogP contribution in [0.5, 0.6) is 0 Å². The van der Waals surface area contributed by atoms with E-state index < -0.39 is 6.10 Å². The van der Waals surface area contributed by atoms with Gasteiger partial charge in [-0.2, -0.15) is 4.98 Å². The van der Waals surface area contributed by atoms with Crippen LogP contribution in [0.25, 0.3) is 0 Å². The number of hydrogen-bond acceptors (Lipinski definition) is 5. The van der Waals surface area contributed by atoms with Crippen LogP contribution in [-0.2, 0) is 6.42 Å². The molecule has 1 aromatic rings. The van der Waals surface area contributed by atoms with Gasteiger partial charge in [0.25, 0.3) is 5.89 Å². The van der Waals surface area contributed by atoms with Gasteiger partial charge in [-0.05, 0) is 25.3 Å². The lowest BCUT2D eigenvalue weighted by molar-refractivity contribution is 0.127. The van der Waals surface area contributed by atoms with E-state index in [1.807, 2.05) is 0 Å². The summed E-state index contributed by atoms with van der Waals surface area (Å²) in [6.07, 6.45) is 1.53. The van der Waals surface area contributed by atoms with Crippen LogP contribution in [0.1, 0.15) is 44.5 Å². The maximum absolute atomic E-state index is 9.54. The van der Waals surface area contributed by atoms with Gasteiger partial charge in [0.15, 0.2) is 5.82 Å². The molecule has 0 saturated heterocycles. The first-order valence-electron chi connectivity index (χ1n) is 5.34. The predicted molar refractivity (Wildman–Crippen MR) is 56.1 cm³/mol. The summed E-state index contributed by atoms with van der Waals surface area (Å²) in [5, 5.41) is 13.3. The summed E-state index contributed by atoms with van der Waals surface area (Å²) < 4.78 is 4.94. The van der Waals surface area contributed by atoms with Crippen molar-refractivity contribution in [1.82, 2.24) is 10.1 Å². The summed E-state index contributed by atoms with van der Waals surface area (Å²) in [6.45, 7) is 4.69. The summed E-state index contributed by atoms with van der Waals surface area (Å²) in [5.74, 6) is 1.55. The van der Waals surface area contributed by atoms with Crippen LogP contribution in [0.15, 0.2) is 4.52 Å². The van der Waals surface area contributed by atoms with Crippen molar-refractivity contribution < 1.29 is 9.63 Å². The molecule has 0 aromatic carbocycles. The first-order valence-corrected chi connectivity index (χ1v) is 5.34. The average Bonchev–Trinajstić information content (AvgIpc) is 2.63. The minimum absolute atomic E-state index is 0.277. The number of hydrogen-bond donors (Lipinski definition) is 2. The topological polar surface area (TPSA) is 85.2 Å². The fraction of sp³-hybridized carbons (Fsp3) is 0.800. The molecule has 1 rings (SSSR count). The highest BCUT2D eigenvalue weighted by Crippen LogP contribution is 2.14. The molecule has 1 atom stereocenters. The Labute approximate surface area is 89.7 Å². The van der Waals surface area contributed by atoms with Gasteiger partial charge in [0.2, 0.25) is 0 Å². The lowest BCUT2D eigenvalue weighted by atomic mass is 10.1. The smallest absolute Gasteiger partial charge is 0.255 e. The molecule has 15 heavy (non-hydrogen) atoms. The third kappa shape index (κ3) is 3.97. The van der Waals surface area contributed by atoms with Gasteiger partial charge >= 0.3 is 0 Å². The van der Waals surface area contributed by atoms with Gasteiger partial charge in [-0.15, -0.1) is 0 Å². The molecule has 0 radical (unpaired) electrons. The summed E-state index contributed by atoms with van der Waals surface area (Å²) in [5.41, 5.74) is 5.32. The van der Waals surface area contributed by atoms with Gasteiger partial charge in [0.05, 0.1) is 0 Å². The third-order valence-electron chi connectivity index (χ3n) is 2.15. The molecule has 86 valence electrons. The van der Waals surface area contributed by atoms with E-state index in [2.05, 4.69) is 24.0 Å². The maximum Gasteiger partial charge on any atom is 0.255 e. The van der Waals surface area contributed by atoms with Gasteiger partial charge in [-0.25, -0.2) is 0 Å². The van der Waals surface area contributed by atoms with Crippen LogP contribution < -0.4 is 5.73 Å². The van der Waals surface area contributed by atoms with Crippen molar-refractivity contribution in [3.63, 3.8) is 0 Å². The largest absolute Gasteiger partial charge is 0.383 e. The lowest BCUT2D eigenvalue weighted by Crippen LogP contribution is -2.07. The van der Waals surface area contributed by atoms with Gasteiger partial charge in [-0.1, -0.05) is 19.0 Å². The highest BCUT2D eigenvalue weighted by molar-refractivity contribution is 4.90. The van der Waals surface area contributed by atoms with Crippen molar-refractivity contribution in [3.8, 4) is 0 Å². The molecule has 3 N–H and O–H groups in total. The minimum Gasteiger partial charge on any atom is -0.383 e. The van der Waals surface area contributed by atoms with E-state index in [1.165, 1.54) is 0 Å². The van der Waals surface area contributed by atoms with Crippen molar-refractivity contribution in [1.29, 1.82) is 0 Å². The van der Waals surface area contributed by atoms with Crippen LogP contribution in [0.4, 0.5) is 0 Å². The highest BCUT2D eigenvalue weighted by Gasteiger charge is 2.15. The van der Waals surface area contributed by atoms with Crippen molar-refractivity contribution in [2.45, 2.75) is 39.2 Å². The number of rotatable bonds is 6. The van der Waals surface area contributed by atoms with E-state index in [4.69, 9.17) is 10.3 Å². The quantitative estimate of drug-likeness (QED) is 0.737. The Bertz CT molecular complexity index is 286. The Balaban J connectivity index is 2.48. The molecule has 5 nitrogen and oxygen atoms in total. The fourth-order valence-electron chi connectivity index (χ4n) is 1.20. The van der Waals surface area contributed by atoms with Gasteiger partial charge in [0, 0.05) is 6.42 Å². The number of aromatic nitrogens is 2. The second kappa shape index (κ2) is 5.82. The number of aryl methyl sites for hydroxylation is 1. The molecule has 1 unspecified atom stereocenters. The SMILES string of the molecule is CC(C)CCc1noc(C(O)CCN)n1. The maximum atomic E-state index is 9.54. The molecule has 0 bridgehead atoms. The summed E-state index contributed by atoms with van der Waals surface area (Å²) in [4.78, 5) is 4.12. The first kappa shape index (κ1) is 12.1. The summed E-state index contributed by atoms with van der Waals surface area (Å²) in [7, 11) is 0.